The van der Waals surface area contributed by atoms with Gasteiger partial charge in [-0.05, 0) is 142 Å². The van der Waals surface area contributed by atoms with Crippen molar-refractivity contribution in [3.05, 3.63) is 275 Å². The summed E-state index contributed by atoms with van der Waals surface area (Å²) in [6.07, 6.45) is 11.1. The van der Waals surface area contributed by atoms with Gasteiger partial charge in [0.1, 0.15) is 34.4 Å². The summed E-state index contributed by atoms with van der Waals surface area (Å²) in [5, 5.41) is 28.2. The predicted molar refractivity (Wildman–Crippen MR) is 296 cm³/mol. The molecule has 0 bridgehead atoms. The highest BCUT2D eigenvalue weighted by atomic mass is 16.5. The number of aromatic hydroxyl groups is 2. The van der Waals surface area contributed by atoms with Gasteiger partial charge in [-0.25, -0.2) is 0 Å². The third-order valence-electron chi connectivity index (χ3n) is 13.5. The molecule has 358 valence electrons. The fraction of sp³-hybridized carbons (Fsp3) is 0.0149. The second-order valence-corrected chi connectivity index (χ2v) is 17.9. The Balaban J connectivity index is 1.06. The highest BCUT2D eigenvalue weighted by Gasteiger charge is 2.46. The second kappa shape index (κ2) is 19.9. The van der Waals surface area contributed by atoms with Crippen molar-refractivity contribution in [1.29, 1.82) is 0 Å². The molecule has 0 fully saturated rings. The fourth-order valence-electron chi connectivity index (χ4n) is 9.92. The minimum Gasteiger partial charge on any atom is -0.506 e. The molecule has 4 N–H and O–H groups in total. The van der Waals surface area contributed by atoms with E-state index in [1.807, 2.05) is 72.8 Å². The Labute approximate surface area is 434 Å². The molecule has 0 heterocycles. The van der Waals surface area contributed by atoms with Gasteiger partial charge in [-0.15, -0.1) is 12.8 Å². The summed E-state index contributed by atoms with van der Waals surface area (Å²) in [5.41, 5.74) is 10.7. The maximum Gasteiger partial charge on any atom is 0.255 e. The van der Waals surface area contributed by atoms with Crippen molar-refractivity contribution in [3.63, 3.8) is 0 Å². The lowest BCUT2D eigenvalue weighted by molar-refractivity contribution is 0.101. The molecule has 10 aromatic carbocycles. The van der Waals surface area contributed by atoms with E-state index in [4.69, 9.17) is 22.3 Å². The van der Waals surface area contributed by atoms with Crippen LogP contribution in [0.5, 0.6) is 34.5 Å². The van der Waals surface area contributed by atoms with Crippen LogP contribution < -0.4 is 20.1 Å². The number of carbonyl (C=O) groups excluding carboxylic acids is 2. The summed E-state index contributed by atoms with van der Waals surface area (Å²) >= 11 is 0. The summed E-state index contributed by atoms with van der Waals surface area (Å²) < 4.78 is 13.6. The van der Waals surface area contributed by atoms with E-state index in [1.54, 1.807) is 72.8 Å². The van der Waals surface area contributed by atoms with E-state index in [1.165, 1.54) is 12.1 Å². The number of carbonyl (C=O) groups is 2. The first-order valence-electron chi connectivity index (χ1n) is 24.1. The molecule has 1 aliphatic rings. The number of nitrogens with one attached hydrogen (secondary N) is 2. The van der Waals surface area contributed by atoms with Crippen molar-refractivity contribution in [2.45, 2.75) is 5.41 Å². The molecular weight excluding hydrogens is 929 g/mol. The molecule has 8 heteroatoms. The first kappa shape index (κ1) is 46.8. The van der Waals surface area contributed by atoms with E-state index in [2.05, 4.69) is 95.3 Å². The number of hydrogen-bond acceptors (Lipinski definition) is 6. The van der Waals surface area contributed by atoms with Gasteiger partial charge in [0, 0.05) is 33.4 Å². The lowest BCUT2D eigenvalue weighted by atomic mass is 9.67. The summed E-state index contributed by atoms with van der Waals surface area (Å²) in [4.78, 5) is 27.2. The molecule has 0 atom stereocenters. The van der Waals surface area contributed by atoms with Crippen molar-refractivity contribution in [3.8, 4) is 92.6 Å². The average molecular weight is 973 g/mol. The summed E-state index contributed by atoms with van der Waals surface area (Å²) in [5.74, 6) is 5.31. The van der Waals surface area contributed by atoms with Crippen LogP contribution >= 0.6 is 0 Å². The number of rotatable bonds is 12. The number of anilines is 2. The van der Waals surface area contributed by atoms with Crippen LogP contribution in [0.2, 0.25) is 0 Å². The van der Waals surface area contributed by atoms with E-state index in [-0.39, 0.29) is 34.4 Å². The van der Waals surface area contributed by atoms with Gasteiger partial charge in [-0.3, -0.25) is 9.59 Å². The van der Waals surface area contributed by atoms with Crippen molar-refractivity contribution < 1.29 is 29.3 Å². The normalized spacial score (nSPS) is 11.8. The number of ether oxygens (including phenoxy) is 2. The average Bonchev–Trinajstić information content (AvgIpc) is 3.87. The van der Waals surface area contributed by atoms with Crippen molar-refractivity contribution in [2.75, 3.05) is 10.6 Å². The van der Waals surface area contributed by atoms with Crippen LogP contribution in [0.1, 0.15) is 54.1 Å². The number of benzene rings is 10. The molecule has 8 nitrogen and oxygen atoms in total. The van der Waals surface area contributed by atoms with Gasteiger partial charge in [-0.1, -0.05) is 145 Å². The van der Waals surface area contributed by atoms with Gasteiger partial charge in [-0.2, -0.15) is 0 Å². The maximum atomic E-state index is 13.6. The van der Waals surface area contributed by atoms with E-state index >= 15 is 0 Å². The van der Waals surface area contributed by atoms with Gasteiger partial charge in [0.25, 0.3) is 11.8 Å². The molecule has 75 heavy (non-hydrogen) atoms. The molecule has 0 unspecified atom stereocenters. The van der Waals surface area contributed by atoms with Gasteiger partial charge in [0.05, 0.1) is 5.41 Å². The lowest BCUT2D eigenvalue weighted by Crippen LogP contribution is -2.28. The number of hydrogen-bond donors (Lipinski definition) is 4. The maximum absolute atomic E-state index is 13.6. The first-order chi connectivity index (χ1) is 36.7. The van der Waals surface area contributed by atoms with Crippen LogP contribution in [0.15, 0.2) is 231 Å². The van der Waals surface area contributed by atoms with Crippen molar-refractivity contribution >= 4 is 23.2 Å². The van der Waals surface area contributed by atoms with E-state index in [0.29, 0.717) is 33.8 Å². The molecule has 0 saturated carbocycles. The Morgan fingerprint density at radius 2 is 0.787 bits per heavy atom. The molecule has 10 aromatic rings. The highest BCUT2D eigenvalue weighted by Crippen LogP contribution is 2.58. The lowest BCUT2D eigenvalue weighted by Gasteiger charge is -2.35. The zero-order valence-corrected chi connectivity index (χ0v) is 40.1. The third kappa shape index (κ3) is 8.76. The summed E-state index contributed by atoms with van der Waals surface area (Å²) in [7, 11) is 0. The van der Waals surface area contributed by atoms with Crippen LogP contribution in [0.3, 0.4) is 0 Å². The molecule has 2 amide bonds. The third-order valence-corrected chi connectivity index (χ3v) is 13.5. The zero-order valence-electron chi connectivity index (χ0n) is 40.1. The molecule has 0 saturated heterocycles. The Morgan fingerprint density at radius 3 is 1.19 bits per heavy atom. The zero-order chi connectivity index (χ0) is 51.5. The SMILES string of the molecule is C#Cc1ccc(C(=O)Nc2c(O)cccc2Oc2ccc(C3(c4ccc(Oc5cccc(O)c5NC(=O)c5ccc(C#C)cc5)c(-c5ccccc5)c4)c4ccccc4-c4ccccc43)cc2-c2ccccc2)cc1. The molecule has 0 aromatic heterocycles. The van der Waals surface area contributed by atoms with Gasteiger partial charge < -0.3 is 30.3 Å². The Morgan fingerprint density at radius 1 is 0.400 bits per heavy atom. The number of terminal acetylenes is 2. The standard InChI is InChI=1S/C67H44N2O6/c1-3-43-29-33-47(34-30-43)65(72)68-63-57(70)25-15-27-61(63)74-59-39-37-49(41-53(59)45-17-7-5-8-18-45)67(55-23-13-11-21-51(55)52-22-12-14-24-56(52)67)50-38-40-60(54(42-50)46-19-9-6-10-20-46)75-62-28-16-26-58(71)64(62)69-66(73)48-35-31-44(4-2)32-36-48/h1-2,5-42,70-71H,(H,68,72)(H,69,73). The largest absolute Gasteiger partial charge is 0.506 e. The number of phenols is 2. The monoisotopic (exact) mass is 972 g/mol. The van der Waals surface area contributed by atoms with Gasteiger partial charge in [0.15, 0.2) is 11.5 Å². The number of phenolic OH excluding ortho intramolecular Hbond substituents is 2. The molecule has 0 aliphatic heterocycles. The number of fused-ring (bicyclic) bond motifs is 3. The van der Waals surface area contributed by atoms with Crippen molar-refractivity contribution in [2.24, 2.45) is 0 Å². The Kier molecular flexibility index (Phi) is 12.4. The van der Waals surface area contributed by atoms with Crippen LogP contribution in [0.4, 0.5) is 11.4 Å². The first-order valence-corrected chi connectivity index (χ1v) is 24.1. The highest BCUT2D eigenvalue weighted by molar-refractivity contribution is 6.07. The summed E-state index contributed by atoms with van der Waals surface area (Å²) in [6.45, 7) is 0. The smallest absolute Gasteiger partial charge is 0.255 e. The summed E-state index contributed by atoms with van der Waals surface area (Å²) in [6, 6.07) is 72.1. The Bertz CT molecular complexity index is 3650. The van der Waals surface area contributed by atoms with E-state index < -0.39 is 17.2 Å². The topological polar surface area (TPSA) is 117 Å². The Hall–Kier alpha value is -10.5. The van der Waals surface area contributed by atoms with E-state index in [9.17, 15) is 19.8 Å². The van der Waals surface area contributed by atoms with E-state index in [0.717, 1.165) is 55.6 Å². The second-order valence-electron chi connectivity index (χ2n) is 17.9. The number of amides is 2. The quantitative estimate of drug-likeness (QED) is 0.0716. The van der Waals surface area contributed by atoms with Gasteiger partial charge >= 0.3 is 0 Å². The molecular formula is C67H44N2O6. The minimum atomic E-state index is -0.921. The fourth-order valence-corrected chi connectivity index (χ4v) is 9.92. The predicted octanol–water partition coefficient (Wildman–Crippen LogP) is 14.8. The van der Waals surface area contributed by atoms with Crippen LogP contribution in [0, 0.1) is 24.7 Å². The van der Waals surface area contributed by atoms with Gasteiger partial charge in [0.2, 0.25) is 0 Å². The molecule has 1 aliphatic carbocycles. The molecule has 11 rings (SSSR count). The minimum absolute atomic E-state index is 0.105. The molecule has 0 spiro atoms. The van der Waals surface area contributed by atoms with Crippen LogP contribution in [-0.2, 0) is 5.41 Å². The number of para-hydroxylation sites is 2. The van der Waals surface area contributed by atoms with Crippen LogP contribution in [-0.4, -0.2) is 22.0 Å². The molecule has 0 radical (unpaired) electrons. The van der Waals surface area contributed by atoms with Crippen LogP contribution in [0.25, 0.3) is 33.4 Å². The van der Waals surface area contributed by atoms with Crippen molar-refractivity contribution in [1.82, 2.24) is 0 Å².